The third-order valence-corrected chi connectivity index (χ3v) is 5.75. The number of likely N-dealkylation sites (tertiary alicyclic amines) is 1. The summed E-state index contributed by atoms with van der Waals surface area (Å²) < 4.78 is 0. The van der Waals surface area contributed by atoms with Gasteiger partial charge in [0, 0.05) is 18.6 Å². The molecule has 2 fully saturated rings. The molecule has 3 rings (SSSR count). The molecule has 1 heterocycles. The first-order chi connectivity index (χ1) is 12.4. The molecule has 0 radical (unpaired) electrons. The zero-order chi connectivity index (χ0) is 18.6. The van der Waals surface area contributed by atoms with Crippen molar-refractivity contribution < 1.29 is 4.79 Å². The second kappa shape index (κ2) is 8.39. The van der Waals surface area contributed by atoms with E-state index in [2.05, 4.69) is 67.4 Å². The topological polar surface area (TPSA) is 32.3 Å². The van der Waals surface area contributed by atoms with Crippen LogP contribution >= 0.6 is 0 Å². The second-order valence-electron chi connectivity index (χ2n) is 9.06. The number of rotatable bonds is 4. The molecule has 0 spiro atoms. The minimum Gasteiger partial charge on any atom is -0.350 e. The van der Waals surface area contributed by atoms with Crippen LogP contribution in [0.25, 0.3) is 6.08 Å². The number of piperidine rings is 1. The highest BCUT2D eigenvalue weighted by molar-refractivity contribution is 5.82. The zero-order valence-corrected chi connectivity index (χ0v) is 16.6. The Balaban J connectivity index is 1.69. The van der Waals surface area contributed by atoms with Crippen LogP contribution in [0.1, 0.15) is 58.4 Å². The van der Waals surface area contributed by atoms with E-state index in [0.29, 0.717) is 0 Å². The number of nitrogens with one attached hydrogen (secondary N) is 1. The fourth-order valence-electron chi connectivity index (χ4n) is 4.52. The van der Waals surface area contributed by atoms with Crippen molar-refractivity contribution in [2.45, 2.75) is 64.5 Å². The number of benzene rings is 1. The highest BCUT2D eigenvalue weighted by atomic mass is 16.2. The van der Waals surface area contributed by atoms with Crippen molar-refractivity contribution in [3.8, 4) is 0 Å². The molecule has 26 heavy (non-hydrogen) atoms. The number of hydrogen-bond donors (Lipinski definition) is 1. The van der Waals surface area contributed by atoms with Gasteiger partial charge in [0.2, 0.25) is 5.91 Å². The van der Waals surface area contributed by atoms with E-state index >= 15 is 0 Å². The van der Waals surface area contributed by atoms with Gasteiger partial charge in [-0.05, 0) is 51.0 Å². The van der Waals surface area contributed by atoms with Crippen LogP contribution in [0.15, 0.2) is 36.4 Å². The van der Waals surface area contributed by atoms with E-state index in [-0.39, 0.29) is 17.5 Å². The fraction of sp³-hybridized carbons (Fsp3) is 0.609. The van der Waals surface area contributed by atoms with Crippen molar-refractivity contribution in [3.63, 3.8) is 0 Å². The van der Waals surface area contributed by atoms with Gasteiger partial charge in [-0.25, -0.2) is 0 Å². The van der Waals surface area contributed by atoms with Crippen molar-refractivity contribution in [2.24, 2.45) is 11.8 Å². The summed E-state index contributed by atoms with van der Waals surface area (Å²) in [5.74, 6) is 1.70. The maximum atomic E-state index is 13.0. The summed E-state index contributed by atoms with van der Waals surface area (Å²) in [6.07, 6.45) is 10.7. The molecule has 1 aliphatic carbocycles. The van der Waals surface area contributed by atoms with E-state index in [9.17, 15) is 4.79 Å². The molecular formula is C23H34N2O. The van der Waals surface area contributed by atoms with Gasteiger partial charge in [0.1, 0.15) is 0 Å². The van der Waals surface area contributed by atoms with Gasteiger partial charge in [-0.1, -0.05) is 61.7 Å². The van der Waals surface area contributed by atoms with Crippen LogP contribution in [0.5, 0.6) is 0 Å². The van der Waals surface area contributed by atoms with Gasteiger partial charge in [0.05, 0.1) is 6.04 Å². The normalized spacial score (nSPS) is 27.3. The van der Waals surface area contributed by atoms with Gasteiger partial charge in [0.15, 0.2) is 0 Å². The molecule has 1 aromatic carbocycles. The Kier molecular flexibility index (Phi) is 6.18. The number of carbonyl (C=O) groups excluding carboxylic acids is 1. The van der Waals surface area contributed by atoms with E-state index in [1.165, 1.54) is 31.2 Å². The average Bonchev–Trinajstić information content (AvgIpc) is 2.60. The molecule has 1 aromatic rings. The van der Waals surface area contributed by atoms with Gasteiger partial charge in [-0.2, -0.15) is 0 Å². The molecule has 3 atom stereocenters. The standard InChI is InChI=1S/C23H34N2O/c1-23(2,3)24-22(26)21-16-19-13-7-8-14-20(19)17-25(21)15-9-12-18-10-5-4-6-11-18/h4-6,9-12,19-21H,7-8,13-17H2,1-3H3,(H,24,26)/b12-9+/t19-,20+,21-/m0/s1. The maximum absolute atomic E-state index is 13.0. The number of carbonyl (C=O) groups is 1. The highest BCUT2D eigenvalue weighted by Gasteiger charge is 2.39. The van der Waals surface area contributed by atoms with E-state index in [1.807, 2.05) is 6.07 Å². The Morgan fingerprint density at radius 1 is 1.15 bits per heavy atom. The molecule has 1 aliphatic heterocycles. The zero-order valence-electron chi connectivity index (χ0n) is 16.6. The molecule has 3 heteroatoms. The molecule has 3 nitrogen and oxygen atoms in total. The largest absolute Gasteiger partial charge is 0.350 e. The summed E-state index contributed by atoms with van der Waals surface area (Å²) >= 11 is 0. The van der Waals surface area contributed by atoms with Crippen LogP contribution in [-0.4, -0.2) is 35.5 Å². The van der Waals surface area contributed by atoms with Crippen molar-refractivity contribution >= 4 is 12.0 Å². The number of nitrogens with zero attached hydrogens (tertiary/aromatic N) is 1. The van der Waals surface area contributed by atoms with Crippen molar-refractivity contribution in [2.75, 3.05) is 13.1 Å². The van der Waals surface area contributed by atoms with Crippen LogP contribution in [0, 0.1) is 11.8 Å². The molecule has 1 saturated heterocycles. The molecule has 0 unspecified atom stereocenters. The Hall–Kier alpha value is -1.61. The minimum atomic E-state index is -0.175. The summed E-state index contributed by atoms with van der Waals surface area (Å²) in [7, 11) is 0. The SMILES string of the molecule is CC(C)(C)NC(=O)[C@@H]1C[C@@H]2CCCC[C@@H]2CN1C/C=C/c1ccccc1. The first kappa shape index (κ1) is 19.2. The Bertz CT molecular complexity index is 617. The van der Waals surface area contributed by atoms with Gasteiger partial charge in [0.25, 0.3) is 0 Å². The predicted molar refractivity (Wildman–Crippen MR) is 109 cm³/mol. The van der Waals surface area contributed by atoms with E-state index in [1.54, 1.807) is 0 Å². The lowest BCUT2D eigenvalue weighted by molar-refractivity contribution is -0.131. The van der Waals surface area contributed by atoms with E-state index in [4.69, 9.17) is 0 Å². The Labute approximate surface area is 158 Å². The van der Waals surface area contributed by atoms with Crippen molar-refractivity contribution in [1.29, 1.82) is 0 Å². The summed E-state index contributed by atoms with van der Waals surface area (Å²) in [5.41, 5.74) is 1.04. The van der Waals surface area contributed by atoms with Gasteiger partial charge in [-0.3, -0.25) is 9.69 Å². The number of hydrogen-bond acceptors (Lipinski definition) is 2. The number of amides is 1. The third-order valence-electron chi connectivity index (χ3n) is 5.75. The van der Waals surface area contributed by atoms with E-state index in [0.717, 1.165) is 31.3 Å². The lowest BCUT2D eigenvalue weighted by Gasteiger charge is -2.45. The molecule has 2 aliphatic rings. The molecule has 0 bridgehead atoms. The molecular weight excluding hydrogens is 320 g/mol. The quantitative estimate of drug-likeness (QED) is 0.864. The van der Waals surface area contributed by atoms with Crippen LogP contribution in [0.4, 0.5) is 0 Å². The fourth-order valence-corrected chi connectivity index (χ4v) is 4.52. The Morgan fingerprint density at radius 2 is 1.85 bits per heavy atom. The van der Waals surface area contributed by atoms with E-state index < -0.39 is 0 Å². The molecule has 1 saturated carbocycles. The lowest BCUT2D eigenvalue weighted by atomic mass is 9.72. The third kappa shape index (κ3) is 5.20. The highest BCUT2D eigenvalue weighted by Crippen LogP contribution is 2.38. The average molecular weight is 355 g/mol. The van der Waals surface area contributed by atoms with Crippen LogP contribution in [0.2, 0.25) is 0 Å². The lowest BCUT2D eigenvalue weighted by Crippen LogP contribution is -2.57. The van der Waals surface area contributed by atoms with Gasteiger partial charge < -0.3 is 5.32 Å². The van der Waals surface area contributed by atoms with Crippen molar-refractivity contribution in [3.05, 3.63) is 42.0 Å². The van der Waals surface area contributed by atoms with Crippen LogP contribution in [0.3, 0.4) is 0 Å². The first-order valence-electron chi connectivity index (χ1n) is 10.2. The summed E-state index contributed by atoms with van der Waals surface area (Å²) in [6.45, 7) is 8.11. The molecule has 1 N–H and O–H groups in total. The first-order valence-corrected chi connectivity index (χ1v) is 10.2. The van der Waals surface area contributed by atoms with Crippen LogP contribution < -0.4 is 5.32 Å². The van der Waals surface area contributed by atoms with Gasteiger partial charge in [-0.15, -0.1) is 0 Å². The van der Waals surface area contributed by atoms with Crippen LogP contribution in [-0.2, 0) is 4.79 Å². The Morgan fingerprint density at radius 3 is 2.54 bits per heavy atom. The maximum Gasteiger partial charge on any atom is 0.237 e. The summed E-state index contributed by atoms with van der Waals surface area (Å²) in [6, 6.07) is 10.4. The minimum absolute atomic E-state index is 0.00833. The summed E-state index contributed by atoms with van der Waals surface area (Å²) in [5, 5.41) is 3.22. The smallest absolute Gasteiger partial charge is 0.237 e. The predicted octanol–water partition coefficient (Wildman–Crippen LogP) is 4.50. The molecule has 142 valence electrons. The second-order valence-corrected chi connectivity index (χ2v) is 9.06. The van der Waals surface area contributed by atoms with Crippen molar-refractivity contribution in [1.82, 2.24) is 10.2 Å². The molecule has 0 aromatic heterocycles. The monoisotopic (exact) mass is 354 g/mol. The number of fused-ring (bicyclic) bond motifs is 1. The summed E-state index contributed by atoms with van der Waals surface area (Å²) in [4.78, 5) is 15.4. The van der Waals surface area contributed by atoms with Gasteiger partial charge >= 0.3 is 0 Å². The molecule has 1 amide bonds.